The van der Waals surface area contributed by atoms with E-state index >= 15 is 0 Å². The maximum absolute atomic E-state index is 13.3. The lowest BCUT2D eigenvalue weighted by molar-refractivity contribution is 0.0695. The number of carbonyl (C=O) groups is 1. The Bertz CT molecular complexity index is 999. The predicted molar refractivity (Wildman–Crippen MR) is 97.8 cm³/mol. The molecule has 0 fully saturated rings. The van der Waals surface area contributed by atoms with Crippen LogP contribution in [0, 0.1) is 12.7 Å². The van der Waals surface area contributed by atoms with Gasteiger partial charge in [-0.1, -0.05) is 12.1 Å². The zero-order chi connectivity index (χ0) is 19.2. The molecule has 1 heterocycles. The van der Waals surface area contributed by atoms with E-state index in [0.29, 0.717) is 40.0 Å². The third kappa shape index (κ3) is 3.20. The zero-order valence-corrected chi connectivity index (χ0v) is 15.2. The highest BCUT2D eigenvalue weighted by molar-refractivity contribution is 6.02. The minimum absolute atomic E-state index is 0.176. The summed E-state index contributed by atoms with van der Waals surface area (Å²) in [6.45, 7) is 5.12. The van der Waals surface area contributed by atoms with Crippen LogP contribution in [0.25, 0.3) is 22.2 Å². The highest BCUT2D eigenvalue weighted by Gasteiger charge is 2.23. The summed E-state index contributed by atoms with van der Waals surface area (Å²) in [6.07, 6.45) is 0.322. The fraction of sp³-hybridized carbons (Fsp3) is 0.300. The summed E-state index contributed by atoms with van der Waals surface area (Å²) in [5.41, 5.74) is 2.46. The topological polar surface area (TPSA) is 75.3 Å². The molecule has 6 heteroatoms. The molecule has 0 unspecified atom stereocenters. The van der Waals surface area contributed by atoms with Crippen molar-refractivity contribution in [1.29, 1.82) is 0 Å². The van der Waals surface area contributed by atoms with Crippen molar-refractivity contribution in [2.75, 3.05) is 0 Å². The lowest BCUT2D eigenvalue weighted by Crippen LogP contribution is -2.23. The van der Waals surface area contributed by atoms with Gasteiger partial charge in [0.25, 0.3) is 0 Å². The van der Waals surface area contributed by atoms with Crippen LogP contribution >= 0.6 is 0 Å². The monoisotopic (exact) mass is 356 g/mol. The molecule has 0 aliphatic rings. The molecule has 0 spiro atoms. The number of hydrogen-bond donors (Lipinski definition) is 2. The Kier molecular flexibility index (Phi) is 4.32. The summed E-state index contributed by atoms with van der Waals surface area (Å²) in [6, 6.07) is 7.52. The number of rotatable bonds is 4. The Morgan fingerprint density at radius 1 is 1.27 bits per heavy atom. The van der Waals surface area contributed by atoms with E-state index in [0.717, 1.165) is 0 Å². The third-order valence-corrected chi connectivity index (χ3v) is 4.48. The van der Waals surface area contributed by atoms with Crippen molar-refractivity contribution in [3.63, 3.8) is 0 Å². The molecule has 136 valence electrons. The standard InChI is InChI=1S/C20H21FN2O3/c1-11-14(19(24)25)9-15-18(17(11)12-5-7-13(21)8-6-12)22-16(23(15)4)10-20(2,3)26/h5-9,26H,10H2,1-4H3,(H,24,25). The maximum atomic E-state index is 13.3. The van der Waals surface area contributed by atoms with Crippen LogP contribution in [0.15, 0.2) is 30.3 Å². The van der Waals surface area contributed by atoms with Gasteiger partial charge >= 0.3 is 5.97 Å². The number of hydrogen-bond acceptors (Lipinski definition) is 3. The first-order chi connectivity index (χ1) is 12.1. The van der Waals surface area contributed by atoms with Crippen molar-refractivity contribution in [1.82, 2.24) is 9.55 Å². The fourth-order valence-corrected chi connectivity index (χ4v) is 3.20. The number of imidazole rings is 1. The summed E-state index contributed by atoms with van der Waals surface area (Å²) in [5.74, 6) is -0.739. The maximum Gasteiger partial charge on any atom is 0.336 e. The normalized spacial score (nSPS) is 11.9. The summed E-state index contributed by atoms with van der Waals surface area (Å²) < 4.78 is 15.1. The number of nitrogens with zero attached hydrogens (tertiary/aromatic N) is 2. The number of carboxylic acid groups (broad SMARTS) is 1. The molecule has 0 aliphatic heterocycles. The summed E-state index contributed by atoms with van der Waals surface area (Å²) in [7, 11) is 1.80. The molecular weight excluding hydrogens is 335 g/mol. The summed E-state index contributed by atoms with van der Waals surface area (Å²) in [4.78, 5) is 16.4. The van der Waals surface area contributed by atoms with E-state index in [2.05, 4.69) is 4.98 Å². The molecule has 26 heavy (non-hydrogen) atoms. The average molecular weight is 356 g/mol. The molecule has 0 amide bonds. The van der Waals surface area contributed by atoms with Gasteiger partial charge < -0.3 is 14.8 Å². The number of aromatic nitrogens is 2. The Hall–Kier alpha value is -2.73. The molecule has 5 nitrogen and oxygen atoms in total. The van der Waals surface area contributed by atoms with Crippen LogP contribution in [-0.2, 0) is 13.5 Å². The number of benzene rings is 2. The quantitative estimate of drug-likeness (QED) is 0.747. The van der Waals surface area contributed by atoms with Crippen LogP contribution in [0.2, 0.25) is 0 Å². The molecule has 3 aromatic rings. The van der Waals surface area contributed by atoms with E-state index in [9.17, 15) is 19.4 Å². The van der Waals surface area contributed by atoms with Crippen LogP contribution in [0.1, 0.15) is 35.6 Å². The van der Waals surface area contributed by atoms with Gasteiger partial charge in [-0.25, -0.2) is 14.2 Å². The second kappa shape index (κ2) is 6.21. The number of fused-ring (bicyclic) bond motifs is 1. The van der Waals surface area contributed by atoms with Crippen LogP contribution in [-0.4, -0.2) is 31.3 Å². The number of carboxylic acids is 1. The van der Waals surface area contributed by atoms with Crippen molar-refractivity contribution in [2.45, 2.75) is 32.8 Å². The molecule has 0 radical (unpaired) electrons. The number of aryl methyl sites for hydroxylation is 1. The van der Waals surface area contributed by atoms with Crippen molar-refractivity contribution in [3.8, 4) is 11.1 Å². The fourth-order valence-electron chi connectivity index (χ4n) is 3.20. The van der Waals surface area contributed by atoms with Crippen molar-refractivity contribution in [2.24, 2.45) is 7.05 Å². The van der Waals surface area contributed by atoms with Gasteiger partial charge in [0, 0.05) is 19.0 Å². The van der Waals surface area contributed by atoms with Gasteiger partial charge in [-0.3, -0.25) is 0 Å². The minimum atomic E-state index is -1.03. The lowest BCUT2D eigenvalue weighted by Gasteiger charge is -2.16. The van der Waals surface area contributed by atoms with E-state index in [1.165, 1.54) is 12.1 Å². The van der Waals surface area contributed by atoms with Gasteiger partial charge in [0.1, 0.15) is 11.6 Å². The van der Waals surface area contributed by atoms with Gasteiger partial charge in [0.15, 0.2) is 0 Å². The number of halogens is 1. The van der Waals surface area contributed by atoms with Gasteiger partial charge in [-0.15, -0.1) is 0 Å². The van der Waals surface area contributed by atoms with Crippen molar-refractivity contribution >= 4 is 17.0 Å². The van der Waals surface area contributed by atoms with Crippen molar-refractivity contribution in [3.05, 3.63) is 53.1 Å². The Labute approximate surface area is 150 Å². The molecule has 0 saturated heterocycles. The zero-order valence-electron chi connectivity index (χ0n) is 15.2. The molecule has 0 bridgehead atoms. The lowest BCUT2D eigenvalue weighted by atomic mass is 9.94. The van der Waals surface area contributed by atoms with E-state index in [-0.39, 0.29) is 11.4 Å². The van der Waals surface area contributed by atoms with Gasteiger partial charge in [0.05, 0.1) is 22.2 Å². The van der Waals surface area contributed by atoms with Crippen LogP contribution in [0.3, 0.4) is 0 Å². The van der Waals surface area contributed by atoms with Crippen molar-refractivity contribution < 1.29 is 19.4 Å². The average Bonchev–Trinajstić information content (AvgIpc) is 2.82. The van der Waals surface area contributed by atoms with Crippen LogP contribution < -0.4 is 0 Å². The first-order valence-electron chi connectivity index (χ1n) is 8.29. The molecule has 0 saturated carbocycles. The summed E-state index contributed by atoms with van der Waals surface area (Å²) >= 11 is 0. The molecule has 2 aromatic carbocycles. The molecule has 0 aliphatic carbocycles. The largest absolute Gasteiger partial charge is 0.478 e. The predicted octanol–water partition coefficient (Wildman–Crippen LogP) is 3.70. The van der Waals surface area contributed by atoms with E-state index in [4.69, 9.17) is 0 Å². The molecule has 2 N–H and O–H groups in total. The van der Waals surface area contributed by atoms with E-state index < -0.39 is 11.6 Å². The third-order valence-electron chi connectivity index (χ3n) is 4.48. The Balaban J connectivity index is 2.36. The highest BCUT2D eigenvalue weighted by atomic mass is 19.1. The Morgan fingerprint density at radius 3 is 2.42 bits per heavy atom. The van der Waals surface area contributed by atoms with Gasteiger partial charge in [-0.05, 0) is 50.1 Å². The van der Waals surface area contributed by atoms with Gasteiger partial charge in [0.2, 0.25) is 0 Å². The first-order valence-corrected chi connectivity index (χ1v) is 8.29. The van der Waals surface area contributed by atoms with Crippen LogP contribution in [0.5, 0.6) is 0 Å². The smallest absolute Gasteiger partial charge is 0.336 e. The first kappa shape index (κ1) is 18.1. The second-order valence-corrected chi connectivity index (χ2v) is 7.18. The molecular formula is C20H21FN2O3. The van der Waals surface area contributed by atoms with Gasteiger partial charge in [-0.2, -0.15) is 0 Å². The highest BCUT2D eigenvalue weighted by Crippen LogP contribution is 2.34. The van der Waals surface area contributed by atoms with Crippen LogP contribution in [0.4, 0.5) is 4.39 Å². The van der Waals surface area contributed by atoms with E-state index in [1.807, 2.05) is 0 Å². The molecule has 1 aromatic heterocycles. The minimum Gasteiger partial charge on any atom is -0.478 e. The SMILES string of the molecule is Cc1c(C(=O)O)cc2c(nc(CC(C)(C)O)n2C)c1-c1ccc(F)cc1. The van der Waals surface area contributed by atoms with E-state index in [1.54, 1.807) is 50.6 Å². The number of aliphatic hydroxyl groups is 1. The number of aromatic carboxylic acids is 1. The molecule has 0 atom stereocenters. The second-order valence-electron chi connectivity index (χ2n) is 7.18. The Morgan fingerprint density at radius 2 is 1.88 bits per heavy atom. The molecule has 3 rings (SSSR count). The summed E-state index contributed by atoms with van der Waals surface area (Å²) in [5, 5.41) is 19.7.